The van der Waals surface area contributed by atoms with E-state index in [-0.39, 0.29) is 55.6 Å². The minimum atomic E-state index is -0.113. The van der Waals surface area contributed by atoms with Crippen LogP contribution >= 0.6 is 0 Å². The van der Waals surface area contributed by atoms with Crippen molar-refractivity contribution >= 4 is 24.0 Å². The van der Waals surface area contributed by atoms with Gasteiger partial charge in [0.1, 0.15) is 23.0 Å². The molecule has 21 heteroatoms. The van der Waals surface area contributed by atoms with Crippen LogP contribution in [0.4, 0.5) is 0 Å². The van der Waals surface area contributed by atoms with Crippen LogP contribution in [0, 0.1) is 24.7 Å². The molecule has 0 bridgehead atoms. The molecule has 0 spiro atoms. The third-order valence-corrected chi connectivity index (χ3v) is 22.5. The highest BCUT2D eigenvalue weighted by Gasteiger charge is 2.30. The number of hydrogen-bond donors (Lipinski definition) is 6. The first kappa shape index (κ1) is 114. The molecule has 1 atom stereocenters. The van der Waals surface area contributed by atoms with E-state index < -0.39 is 0 Å². The Morgan fingerprint density at radius 3 is 1.31 bits per heavy atom. The summed E-state index contributed by atoms with van der Waals surface area (Å²) < 4.78 is 5.60. The Kier molecular flexibility index (Phi) is 47.6. The van der Waals surface area contributed by atoms with E-state index in [2.05, 4.69) is 334 Å². The SMILES string of the molecule is CC(=O)C=C(C)NCC(C)(C)CN(C)C.CC(=O)C=C(C)NCc1ccccn1.CC(C)(C)c1cc(C=NCC2CCCO2)c(O)c(C(C)(C)C)c1.CN(C)CC(C)(C)CN=Cc1cc(C(C)(C)C)cc(C(C)(C)C)c1O.Cc1cc(CN(CCCN(C)C)CCCN(C)C)c(O)c(C(C)(C)C)c1.Cc1cc(CN2CCN(C)CC2)c(O)c(CN2CCN(C)CC2)c1. The number of phenolic OH excluding ortho intramolecular Hbond substituents is 4. The Morgan fingerprint density at radius 1 is 0.496 bits per heavy atom. The number of ether oxygens (including phenoxy) is 1. The molecule has 3 saturated heterocycles. The highest BCUT2D eigenvalue weighted by atomic mass is 16.5. The summed E-state index contributed by atoms with van der Waals surface area (Å²) >= 11 is 0. The Bertz CT molecular complexity index is 4160. The van der Waals surface area contributed by atoms with Crippen molar-refractivity contribution in [3.8, 4) is 23.0 Å². The molecule has 0 saturated carbocycles. The first-order valence-electron chi connectivity index (χ1n) is 46.5. The van der Waals surface area contributed by atoms with Gasteiger partial charge in [0, 0.05) is 174 Å². The smallest absolute Gasteiger partial charge is 0.154 e. The van der Waals surface area contributed by atoms with Crippen LogP contribution in [0.2, 0.25) is 0 Å². The second kappa shape index (κ2) is 53.2. The highest BCUT2D eigenvalue weighted by Crippen LogP contribution is 2.40. The van der Waals surface area contributed by atoms with Crippen LogP contribution in [0.1, 0.15) is 257 Å². The van der Waals surface area contributed by atoms with Gasteiger partial charge in [-0.1, -0.05) is 185 Å². The van der Waals surface area contributed by atoms with E-state index in [9.17, 15) is 30.0 Å². The maximum Gasteiger partial charge on any atom is 0.154 e. The number of allylic oxidation sites excluding steroid dienone is 4. The summed E-state index contributed by atoms with van der Waals surface area (Å²) in [5.74, 6) is 1.84. The molecule has 5 aromatic rings. The number of ketones is 2. The minimum Gasteiger partial charge on any atom is -0.507 e. The monoisotopic (exact) mass is 1760 g/mol. The van der Waals surface area contributed by atoms with Gasteiger partial charge in [0.25, 0.3) is 0 Å². The molecular weight excluding hydrogens is 1580 g/mol. The number of nitrogens with zero attached hydrogens (tertiary/aromatic N) is 12. The lowest BCUT2D eigenvalue weighted by atomic mass is 9.79. The van der Waals surface area contributed by atoms with Crippen LogP contribution in [0.5, 0.6) is 23.0 Å². The number of aliphatic imine (C=N–C) groups is 2. The number of rotatable bonds is 32. The largest absolute Gasteiger partial charge is 0.507 e. The van der Waals surface area contributed by atoms with Crippen molar-refractivity contribution in [3.63, 3.8) is 0 Å². The zero-order valence-corrected chi connectivity index (χ0v) is 86.6. The molecule has 4 aromatic carbocycles. The van der Waals surface area contributed by atoms with E-state index in [1.807, 2.05) is 44.5 Å². The molecule has 6 N–H and O–H groups in total. The number of benzene rings is 4. The van der Waals surface area contributed by atoms with Gasteiger partial charge in [-0.05, 0) is 255 Å². The number of aryl methyl sites for hydroxylation is 2. The number of aromatic nitrogens is 1. The van der Waals surface area contributed by atoms with Crippen LogP contribution in [0.15, 0.2) is 106 Å². The quantitative estimate of drug-likeness (QED) is 0.0174. The Morgan fingerprint density at radius 2 is 0.913 bits per heavy atom. The number of pyridine rings is 1. The van der Waals surface area contributed by atoms with E-state index in [4.69, 9.17) is 4.74 Å². The van der Waals surface area contributed by atoms with Gasteiger partial charge in [-0.25, -0.2) is 0 Å². The molecule has 21 nitrogen and oxygen atoms in total. The van der Waals surface area contributed by atoms with Gasteiger partial charge < -0.3 is 65.2 Å². The number of hydrogen-bond acceptors (Lipinski definition) is 21. The first-order chi connectivity index (χ1) is 58.6. The molecule has 0 radical (unpaired) electrons. The maximum absolute atomic E-state index is 10.9. The predicted molar refractivity (Wildman–Crippen MR) is 539 cm³/mol. The Hall–Kier alpha value is -7.41. The van der Waals surface area contributed by atoms with Gasteiger partial charge in [-0.3, -0.25) is 39.3 Å². The zero-order chi connectivity index (χ0) is 96.3. The fourth-order valence-electron chi connectivity index (χ4n) is 15.6. The van der Waals surface area contributed by atoms with E-state index in [1.54, 1.807) is 25.3 Å². The molecule has 4 heterocycles. The van der Waals surface area contributed by atoms with Crippen molar-refractivity contribution in [1.82, 2.24) is 59.7 Å². The third kappa shape index (κ3) is 45.8. The van der Waals surface area contributed by atoms with Gasteiger partial charge in [-0.2, -0.15) is 0 Å². The van der Waals surface area contributed by atoms with Crippen molar-refractivity contribution in [1.29, 1.82) is 0 Å². The normalized spacial score (nSPS) is 15.8. The Balaban J connectivity index is 0.000000398. The number of likely N-dealkylation sites (N-methyl/N-ethyl adjacent to an activating group) is 2. The number of piperazine rings is 2. The van der Waals surface area contributed by atoms with Gasteiger partial charge >= 0.3 is 0 Å². The van der Waals surface area contributed by atoms with Crippen LogP contribution in [0.25, 0.3) is 0 Å². The van der Waals surface area contributed by atoms with E-state index in [1.165, 1.54) is 29.2 Å². The molecule has 3 fully saturated rings. The maximum atomic E-state index is 10.9. The van der Waals surface area contributed by atoms with Crippen molar-refractivity contribution < 1.29 is 34.8 Å². The van der Waals surface area contributed by atoms with Crippen molar-refractivity contribution in [2.24, 2.45) is 20.8 Å². The standard InChI is InChI=1S/C22H41N3O.C22H38N2O.C20H31NO2.C19H32N4O.C12H24N2O.C11H14N2O/c1-18-15-19(21(26)20(16-18)22(2,3)4)17-25(13-9-11-23(5)6)14-10-12-24(7)8;1-20(2,3)17-11-16(19(25)18(12-17)21(4,5)6)13-23-14-22(7,8)15-24(9)10;1-19(2,3)15-10-14(12-21-13-16-8-7-9-23-16)18(22)17(11-15)20(4,5)6;1-16-12-17(14-22-8-4-20(2)5-9-22)19(24)18(13-16)15-23-10-6-21(3)7-11-23;1-10(7-11(2)15)13-8-12(3,4)9-14(5)6;1-9(7-10(2)14)13-8-11-5-3-4-6-12-11/h15-16,26H,9-14,17H2,1-8H3;11-13,25H,14-15H2,1-10H3;10-12,16,22H,7-9,13H2,1-6H3;12-13,24H,4-11,14-15H2,1-3H3;7,13H,8-9H2,1-6H3;3-7,13H,8H2,1-2H3. The third-order valence-electron chi connectivity index (χ3n) is 22.5. The lowest BCUT2D eigenvalue weighted by Gasteiger charge is -2.33. The molecule has 8 rings (SSSR count). The molecule has 716 valence electrons. The molecule has 3 aliphatic heterocycles. The molecular formula is C106H180N14O7. The summed E-state index contributed by atoms with van der Waals surface area (Å²) in [5.41, 5.74) is 15.6. The molecule has 1 unspecified atom stereocenters. The summed E-state index contributed by atoms with van der Waals surface area (Å²) in [6, 6.07) is 22.7. The van der Waals surface area contributed by atoms with Crippen LogP contribution in [-0.4, -0.2) is 288 Å². The number of carbonyl (C=O) groups excluding carboxylic acids is 2. The van der Waals surface area contributed by atoms with E-state index >= 15 is 0 Å². The molecule has 3 aliphatic rings. The lowest BCUT2D eigenvalue weighted by molar-refractivity contribution is -0.113. The average molecular weight is 1760 g/mol. The minimum absolute atomic E-state index is 0.0283. The number of carbonyl (C=O) groups is 2. The molecule has 0 aliphatic carbocycles. The molecule has 127 heavy (non-hydrogen) atoms. The zero-order valence-electron chi connectivity index (χ0n) is 86.6. The number of phenols is 4. The van der Waals surface area contributed by atoms with Crippen LogP contribution in [0.3, 0.4) is 0 Å². The van der Waals surface area contributed by atoms with Crippen molar-refractivity contribution in [2.75, 3.05) is 188 Å². The van der Waals surface area contributed by atoms with E-state index in [0.717, 1.165) is 218 Å². The fraction of sp³-hybridized carbons (Fsp3) is 0.651. The Labute approximate surface area is 773 Å². The summed E-state index contributed by atoms with van der Waals surface area (Å²) in [4.78, 5) is 55.9. The predicted octanol–water partition coefficient (Wildman–Crippen LogP) is 17.8. The highest BCUT2D eigenvalue weighted by molar-refractivity contribution is 5.88. The first-order valence-corrected chi connectivity index (χ1v) is 46.5. The van der Waals surface area contributed by atoms with Crippen LogP contribution < -0.4 is 10.6 Å². The van der Waals surface area contributed by atoms with Crippen molar-refractivity contribution in [3.05, 3.63) is 169 Å². The van der Waals surface area contributed by atoms with Crippen LogP contribution in [-0.2, 0) is 67.6 Å². The summed E-state index contributed by atoms with van der Waals surface area (Å²) in [6.45, 7) is 73.9. The molecule has 0 amide bonds. The fourth-order valence-corrected chi connectivity index (χ4v) is 15.6. The number of nitrogens with one attached hydrogen (secondary N) is 2. The van der Waals surface area contributed by atoms with Gasteiger partial charge in [0.2, 0.25) is 0 Å². The van der Waals surface area contributed by atoms with Gasteiger partial charge in [0.05, 0.1) is 24.9 Å². The van der Waals surface area contributed by atoms with Gasteiger partial charge in [0.15, 0.2) is 11.6 Å². The van der Waals surface area contributed by atoms with E-state index in [0.29, 0.717) is 36.1 Å². The summed E-state index contributed by atoms with van der Waals surface area (Å²) in [7, 11) is 21.2. The topological polar surface area (TPSA) is 215 Å². The van der Waals surface area contributed by atoms with Crippen molar-refractivity contribution in [2.45, 2.75) is 258 Å². The summed E-state index contributed by atoms with van der Waals surface area (Å²) in [6.07, 6.45) is 13.3. The molecule has 1 aromatic heterocycles. The van der Waals surface area contributed by atoms with Gasteiger partial charge in [-0.15, -0.1) is 0 Å². The lowest BCUT2D eigenvalue weighted by Crippen LogP contribution is -2.44. The average Bonchev–Trinajstić information content (AvgIpc) is 1.23. The summed E-state index contributed by atoms with van der Waals surface area (Å²) in [5, 5.41) is 49.5. The number of aromatic hydroxyl groups is 4. The second-order valence-electron chi connectivity index (χ2n) is 44.0. The second-order valence-corrected chi connectivity index (χ2v) is 44.0.